The Hall–Kier alpha value is -1.27. The van der Waals surface area contributed by atoms with Crippen LogP contribution in [0.15, 0.2) is 18.2 Å². The van der Waals surface area contributed by atoms with Crippen LogP contribution in [0, 0.1) is 0 Å². The standard InChI is InChI=1S/C11H11ClF3NO2/c12-9-1-2-10(8(5-9)6-18)16(3-4-17)7-11(13,14)15/h1-2,5-6,17H,3-4,7H2. The maximum Gasteiger partial charge on any atom is 0.405 e. The molecule has 0 saturated heterocycles. The third kappa shape index (κ3) is 4.19. The summed E-state index contributed by atoms with van der Waals surface area (Å²) in [5.74, 6) is 0. The first kappa shape index (κ1) is 14.8. The summed E-state index contributed by atoms with van der Waals surface area (Å²) in [4.78, 5) is 11.7. The van der Waals surface area contributed by atoms with Crippen molar-refractivity contribution in [2.75, 3.05) is 24.6 Å². The van der Waals surface area contributed by atoms with E-state index in [0.717, 1.165) is 4.90 Å². The molecule has 7 heteroatoms. The average molecular weight is 282 g/mol. The smallest absolute Gasteiger partial charge is 0.395 e. The third-order valence-corrected chi connectivity index (χ3v) is 2.43. The molecule has 0 heterocycles. The molecule has 0 aliphatic rings. The molecule has 100 valence electrons. The topological polar surface area (TPSA) is 40.5 Å². The van der Waals surface area contributed by atoms with Crippen LogP contribution in [-0.4, -0.2) is 37.3 Å². The zero-order chi connectivity index (χ0) is 13.8. The number of aliphatic hydroxyl groups is 1. The van der Waals surface area contributed by atoms with Crippen LogP contribution in [0.1, 0.15) is 10.4 Å². The number of alkyl halides is 3. The number of hydrogen-bond acceptors (Lipinski definition) is 3. The fraction of sp³-hybridized carbons (Fsp3) is 0.364. The zero-order valence-electron chi connectivity index (χ0n) is 9.25. The van der Waals surface area contributed by atoms with Crippen LogP contribution in [0.4, 0.5) is 18.9 Å². The quantitative estimate of drug-likeness (QED) is 0.843. The van der Waals surface area contributed by atoms with E-state index in [1.807, 2.05) is 0 Å². The molecule has 0 fully saturated rings. The van der Waals surface area contributed by atoms with Crippen molar-refractivity contribution >= 4 is 23.6 Å². The summed E-state index contributed by atoms with van der Waals surface area (Å²) in [7, 11) is 0. The molecule has 1 N–H and O–H groups in total. The lowest BCUT2D eigenvalue weighted by atomic mass is 10.1. The van der Waals surface area contributed by atoms with Gasteiger partial charge in [0.15, 0.2) is 6.29 Å². The largest absolute Gasteiger partial charge is 0.405 e. The predicted octanol–water partition coefficient (Wildman–Crippen LogP) is 2.51. The molecule has 1 aromatic carbocycles. The van der Waals surface area contributed by atoms with E-state index >= 15 is 0 Å². The second-order valence-electron chi connectivity index (χ2n) is 3.58. The molecule has 0 atom stereocenters. The molecule has 3 nitrogen and oxygen atoms in total. The summed E-state index contributed by atoms with van der Waals surface area (Å²) in [6.45, 7) is -1.91. The Bertz CT molecular complexity index is 423. The van der Waals surface area contributed by atoms with E-state index in [0.29, 0.717) is 6.29 Å². The normalized spacial score (nSPS) is 11.4. The number of aliphatic hydroxyl groups excluding tert-OH is 1. The Labute approximate surface area is 107 Å². The summed E-state index contributed by atoms with van der Waals surface area (Å²) in [5, 5.41) is 9.05. The number of carbonyl (C=O) groups excluding carboxylic acids is 1. The van der Waals surface area contributed by atoms with Crippen LogP contribution >= 0.6 is 11.6 Å². The number of hydrogen-bond donors (Lipinski definition) is 1. The summed E-state index contributed by atoms with van der Waals surface area (Å²) >= 11 is 5.66. The molecule has 0 aromatic heterocycles. The van der Waals surface area contributed by atoms with Crippen molar-refractivity contribution in [3.05, 3.63) is 28.8 Å². The second kappa shape index (κ2) is 6.06. The van der Waals surface area contributed by atoms with Crippen molar-refractivity contribution in [3.63, 3.8) is 0 Å². The molecule has 1 aromatic rings. The molecule has 18 heavy (non-hydrogen) atoms. The van der Waals surface area contributed by atoms with Gasteiger partial charge >= 0.3 is 6.18 Å². The molecule has 1 rings (SSSR count). The van der Waals surface area contributed by atoms with Crippen LogP contribution in [-0.2, 0) is 0 Å². The number of carbonyl (C=O) groups is 1. The van der Waals surface area contributed by atoms with Gasteiger partial charge in [-0.2, -0.15) is 13.2 Å². The van der Waals surface area contributed by atoms with Gasteiger partial charge in [0.25, 0.3) is 0 Å². The van der Waals surface area contributed by atoms with Gasteiger partial charge in [-0.05, 0) is 18.2 Å². The van der Waals surface area contributed by atoms with Gasteiger partial charge in [-0.3, -0.25) is 4.79 Å². The van der Waals surface area contributed by atoms with Gasteiger partial charge in [-0.1, -0.05) is 11.6 Å². The third-order valence-electron chi connectivity index (χ3n) is 2.20. The van der Waals surface area contributed by atoms with E-state index in [2.05, 4.69) is 0 Å². The molecule has 0 amide bonds. The number of anilines is 1. The van der Waals surface area contributed by atoms with Gasteiger partial charge < -0.3 is 10.0 Å². The van der Waals surface area contributed by atoms with Gasteiger partial charge in [-0.25, -0.2) is 0 Å². The number of benzene rings is 1. The summed E-state index contributed by atoms with van der Waals surface area (Å²) < 4.78 is 37.2. The second-order valence-corrected chi connectivity index (χ2v) is 4.02. The minimum Gasteiger partial charge on any atom is -0.395 e. The molecule has 0 radical (unpaired) electrons. The lowest BCUT2D eigenvalue weighted by Crippen LogP contribution is -2.36. The fourth-order valence-corrected chi connectivity index (χ4v) is 1.71. The maximum atomic E-state index is 12.4. The molecular formula is C11H11ClF3NO2. The highest BCUT2D eigenvalue weighted by molar-refractivity contribution is 6.31. The first-order valence-electron chi connectivity index (χ1n) is 5.04. The van der Waals surface area contributed by atoms with Crippen LogP contribution in [0.5, 0.6) is 0 Å². The Kier molecular flexibility index (Phi) is 4.98. The number of halogens is 4. The highest BCUT2D eigenvalue weighted by atomic mass is 35.5. The molecule has 0 unspecified atom stereocenters. The molecular weight excluding hydrogens is 271 g/mol. The zero-order valence-corrected chi connectivity index (χ0v) is 10.0. The molecule has 0 bridgehead atoms. The van der Waals surface area contributed by atoms with Crippen LogP contribution in [0.2, 0.25) is 5.02 Å². The summed E-state index contributed by atoms with van der Waals surface area (Å²) in [6.07, 6.45) is -3.99. The van der Waals surface area contributed by atoms with Gasteiger partial charge in [0.2, 0.25) is 0 Å². The lowest BCUT2D eigenvalue weighted by Gasteiger charge is -2.26. The van der Waals surface area contributed by atoms with Gasteiger partial charge in [0.1, 0.15) is 6.54 Å². The SMILES string of the molecule is O=Cc1cc(Cl)ccc1N(CCO)CC(F)(F)F. The van der Waals surface area contributed by atoms with Crippen LogP contribution < -0.4 is 4.90 Å². The highest BCUT2D eigenvalue weighted by Crippen LogP contribution is 2.26. The molecule has 0 saturated carbocycles. The van der Waals surface area contributed by atoms with Crippen LogP contribution in [0.3, 0.4) is 0 Å². The maximum absolute atomic E-state index is 12.4. The van der Waals surface area contributed by atoms with E-state index in [4.69, 9.17) is 16.7 Å². The first-order valence-corrected chi connectivity index (χ1v) is 5.42. The Morgan fingerprint density at radius 3 is 2.56 bits per heavy atom. The molecule has 0 spiro atoms. The minimum absolute atomic E-state index is 0.0557. The number of nitrogens with zero attached hydrogens (tertiary/aromatic N) is 1. The van der Waals surface area contributed by atoms with E-state index in [9.17, 15) is 18.0 Å². The summed E-state index contributed by atoms with van der Waals surface area (Å²) in [5.41, 5.74) is 0.154. The average Bonchev–Trinajstić information content (AvgIpc) is 2.26. The minimum atomic E-state index is -4.42. The van der Waals surface area contributed by atoms with Crippen LogP contribution in [0.25, 0.3) is 0 Å². The van der Waals surface area contributed by atoms with Gasteiger partial charge in [0, 0.05) is 22.8 Å². The van der Waals surface area contributed by atoms with E-state index in [-0.39, 0.29) is 22.8 Å². The first-order chi connectivity index (χ1) is 8.37. The van der Waals surface area contributed by atoms with E-state index in [1.165, 1.54) is 18.2 Å². The monoisotopic (exact) mass is 281 g/mol. The van der Waals surface area contributed by atoms with Crippen molar-refractivity contribution in [3.8, 4) is 0 Å². The Morgan fingerprint density at radius 1 is 1.39 bits per heavy atom. The molecule has 0 aliphatic heterocycles. The van der Waals surface area contributed by atoms with E-state index in [1.54, 1.807) is 0 Å². The predicted molar refractivity (Wildman–Crippen MR) is 62.2 cm³/mol. The molecule has 0 aliphatic carbocycles. The number of aldehydes is 1. The van der Waals surface area contributed by atoms with Crippen molar-refractivity contribution < 1.29 is 23.1 Å². The summed E-state index contributed by atoms with van der Waals surface area (Å²) in [6, 6.07) is 4.00. The van der Waals surface area contributed by atoms with E-state index < -0.39 is 19.3 Å². The fourth-order valence-electron chi connectivity index (χ4n) is 1.53. The highest BCUT2D eigenvalue weighted by Gasteiger charge is 2.31. The Morgan fingerprint density at radius 2 is 2.06 bits per heavy atom. The number of rotatable bonds is 5. The van der Waals surface area contributed by atoms with Crippen molar-refractivity contribution in [2.45, 2.75) is 6.18 Å². The lowest BCUT2D eigenvalue weighted by molar-refractivity contribution is -0.119. The van der Waals surface area contributed by atoms with Gasteiger partial charge in [-0.15, -0.1) is 0 Å². The van der Waals surface area contributed by atoms with Crippen molar-refractivity contribution in [2.24, 2.45) is 0 Å². The van der Waals surface area contributed by atoms with Crippen molar-refractivity contribution in [1.82, 2.24) is 0 Å². The van der Waals surface area contributed by atoms with Gasteiger partial charge in [0.05, 0.1) is 6.61 Å². The Balaban J connectivity index is 3.08. The van der Waals surface area contributed by atoms with Crippen molar-refractivity contribution in [1.29, 1.82) is 0 Å².